The summed E-state index contributed by atoms with van der Waals surface area (Å²) >= 11 is 12.0. The molecule has 0 saturated carbocycles. The average Bonchev–Trinajstić information content (AvgIpc) is 3.40. The Labute approximate surface area is 198 Å². The number of carbonyl (C=O) groups excluding carboxylic acids is 1. The molecule has 32 heavy (non-hydrogen) atoms. The van der Waals surface area contributed by atoms with Crippen LogP contribution in [0.5, 0.6) is 0 Å². The second-order valence-corrected chi connectivity index (χ2v) is 8.53. The van der Waals surface area contributed by atoms with E-state index in [-0.39, 0.29) is 18.1 Å². The van der Waals surface area contributed by atoms with Crippen molar-refractivity contribution in [1.82, 2.24) is 19.8 Å². The van der Waals surface area contributed by atoms with Gasteiger partial charge < -0.3 is 19.5 Å². The normalized spacial score (nSPS) is 18.0. The van der Waals surface area contributed by atoms with Crippen LogP contribution in [-0.2, 0) is 9.53 Å². The van der Waals surface area contributed by atoms with Gasteiger partial charge in [0.15, 0.2) is 5.11 Å². The van der Waals surface area contributed by atoms with Gasteiger partial charge >= 0.3 is 5.97 Å². The highest BCUT2D eigenvalue weighted by atomic mass is 35.5. The number of aromatic nitrogens is 2. The van der Waals surface area contributed by atoms with Gasteiger partial charge in [-0.3, -0.25) is 9.78 Å². The van der Waals surface area contributed by atoms with Crippen molar-refractivity contribution < 1.29 is 9.53 Å². The van der Waals surface area contributed by atoms with Crippen LogP contribution < -0.4 is 5.32 Å². The van der Waals surface area contributed by atoms with E-state index in [9.17, 15) is 4.79 Å². The highest BCUT2D eigenvalue weighted by molar-refractivity contribution is 7.80. The monoisotopic (exact) mass is 468 g/mol. The Morgan fingerprint density at radius 2 is 2.09 bits per heavy atom. The first kappa shape index (κ1) is 22.3. The maximum atomic E-state index is 11.6. The molecule has 2 atom stereocenters. The van der Waals surface area contributed by atoms with Crippen molar-refractivity contribution in [1.29, 1.82) is 0 Å². The Balaban J connectivity index is 1.72. The van der Waals surface area contributed by atoms with E-state index in [1.54, 1.807) is 6.20 Å². The number of aryl methyl sites for hydroxylation is 1. The minimum atomic E-state index is -0.221. The molecule has 1 saturated heterocycles. The van der Waals surface area contributed by atoms with Crippen LogP contribution in [0.4, 0.5) is 0 Å². The van der Waals surface area contributed by atoms with Gasteiger partial charge in [-0.1, -0.05) is 17.7 Å². The smallest absolute Gasteiger partial charge is 0.305 e. The molecular formula is C24H25ClN4O2S. The predicted molar refractivity (Wildman–Crippen MR) is 129 cm³/mol. The number of carbonyl (C=O) groups is 1. The fourth-order valence-electron chi connectivity index (χ4n) is 4.11. The van der Waals surface area contributed by atoms with E-state index in [4.69, 9.17) is 28.6 Å². The number of methoxy groups -OCH3 is 1. The van der Waals surface area contributed by atoms with Crippen molar-refractivity contribution in [3.63, 3.8) is 0 Å². The van der Waals surface area contributed by atoms with Crippen molar-refractivity contribution in [3.8, 4) is 5.69 Å². The predicted octanol–water partition coefficient (Wildman–Crippen LogP) is 4.76. The van der Waals surface area contributed by atoms with E-state index >= 15 is 0 Å². The molecule has 2 aromatic heterocycles. The number of nitrogens with zero attached hydrogens (tertiary/aromatic N) is 3. The van der Waals surface area contributed by atoms with Crippen LogP contribution in [0.15, 0.2) is 60.9 Å². The lowest BCUT2D eigenvalue weighted by Gasteiger charge is -2.29. The number of hydrogen-bond acceptors (Lipinski definition) is 4. The fourth-order valence-corrected chi connectivity index (χ4v) is 4.56. The van der Waals surface area contributed by atoms with E-state index in [1.165, 1.54) is 7.11 Å². The summed E-state index contributed by atoms with van der Waals surface area (Å²) in [7, 11) is 1.41. The second-order valence-electron chi connectivity index (χ2n) is 7.74. The first-order valence-corrected chi connectivity index (χ1v) is 11.3. The molecule has 0 bridgehead atoms. The molecule has 0 spiro atoms. The van der Waals surface area contributed by atoms with Crippen LogP contribution in [0.1, 0.15) is 41.9 Å². The van der Waals surface area contributed by atoms with Gasteiger partial charge in [0.2, 0.25) is 0 Å². The summed E-state index contributed by atoms with van der Waals surface area (Å²) in [6, 6.07) is 15.8. The van der Waals surface area contributed by atoms with Crippen LogP contribution in [0.2, 0.25) is 5.02 Å². The SMILES string of the molecule is COC(=O)CCCN1C(=S)N[C@@H](c2ccccn2)[C@@H]1c1cccn1-c1ccc(Cl)c(C)c1. The van der Waals surface area contributed by atoms with E-state index in [1.807, 2.05) is 49.5 Å². The third-order valence-corrected chi connectivity index (χ3v) is 6.48. The number of thiocarbonyl (C=S) groups is 1. The Morgan fingerprint density at radius 3 is 2.81 bits per heavy atom. The highest BCUT2D eigenvalue weighted by Crippen LogP contribution is 2.39. The Bertz CT molecular complexity index is 1120. The molecule has 166 valence electrons. The molecular weight excluding hydrogens is 444 g/mol. The lowest BCUT2D eigenvalue weighted by atomic mass is 10.0. The summed E-state index contributed by atoms with van der Waals surface area (Å²) in [5.41, 5.74) is 4.03. The largest absolute Gasteiger partial charge is 0.469 e. The van der Waals surface area contributed by atoms with E-state index < -0.39 is 0 Å². The van der Waals surface area contributed by atoms with Crippen molar-refractivity contribution in [2.24, 2.45) is 0 Å². The first-order chi connectivity index (χ1) is 15.5. The third-order valence-electron chi connectivity index (χ3n) is 5.71. The molecule has 1 fully saturated rings. The fraction of sp³-hybridized carbons (Fsp3) is 0.292. The molecule has 6 nitrogen and oxygen atoms in total. The Morgan fingerprint density at radius 1 is 1.25 bits per heavy atom. The summed E-state index contributed by atoms with van der Waals surface area (Å²) in [6.45, 7) is 2.62. The molecule has 8 heteroatoms. The maximum Gasteiger partial charge on any atom is 0.305 e. The molecule has 1 aliphatic rings. The van der Waals surface area contributed by atoms with Gasteiger partial charge in [0.1, 0.15) is 0 Å². The minimum absolute atomic E-state index is 0.0963. The van der Waals surface area contributed by atoms with Crippen molar-refractivity contribution in [2.45, 2.75) is 31.8 Å². The number of rotatable bonds is 7. The van der Waals surface area contributed by atoms with Crippen LogP contribution in [-0.4, -0.2) is 39.2 Å². The number of halogens is 1. The highest BCUT2D eigenvalue weighted by Gasteiger charge is 2.41. The zero-order valence-electron chi connectivity index (χ0n) is 18.0. The lowest BCUT2D eigenvalue weighted by molar-refractivity contribution is -0.140. The maximum absolute atomic E-state index is 11.6. The molecule has 1 N–H and O–H groups in total. The zero-order chi connectivity index (χ0) is 22.7. The van der Waals surface area contributed by atoms with Crippen LogP contribution in [0, 0.1) is 6.92 Å². The van der Waals surface area contributed by atoms with Crippen molar-refractivity contribution >= 4 is 34.9 Å². The van der Waals surface area contributed by atoms with Gasteiger partial charge in [0, 0.05) is 41.8 Å². The molecule has 3 aromatic rings. The van der Waals surface area contributed by atoms with E-state index in [0.717, 1.165) is 27.7 Å². The van der Waals surface area contributed by atoms with Crippen molar-refractivity contribution in [3.05, 3.63) is 82.9 Å². The van der Waals surface area contributed by atoms with Crippen LogP contribution >= 0.6 is 23.8 Å². The van der Waals surface area contributed by atoms with Crippen LogP contribution in [0.3, 0.4) is 0 Å². The van der Waals surface area contributed by atoms with Crippen molar-refractivity contribution in [2.75, 3.05) is 13.7 Å². The quantitative estimate of drug-likeness (QED) is 0.398. The number of hydrogen-bond donors (Lipinski definition) is 1. The molecule has 0 aliphatic carbocycles. The van der Waals surface area contributed by atoms with Crippen LogP contribution in [0.25, 0.3) is 5.69 Å². The zero-order valence-corrected chi connectivity index (χ0v) is 19.6. The Hall–Kier alpha value is -2.90. The number of ether oxygens (including phenoxy) is 1. The Kier molecular flexibility index (Phi) is 6.77. The topological polar surface area (TPSA) is 59.4 Å². The summed E-state index contributed by atoms with van der Waals surface area (Å²) in [5, 5.41) is 4.84. The molecule has 3 heterocycles. The lowest BCUT2D eigenvalue weighted by Crippen LogP contribution is -2.31. The number of esters is 1. The first-order valence-electron chi connectivity index (χ1n) is 10.5. The third kappa shape index (κ3) is 4.49. The molecule has 0 radical (unpaired) electrons. The summed E-state index contributed by atoms with van der Waals surface area (Å²) in [5.74, 6) is -0.221. The number of benzene rings is 1. The van der Waals surface area contributed by atoms with Gasteiger partial charge in [-0.05, 0) is 73.6 Å². The van der Waals surface area contributed by atoms with E-state index in [0.29, 0.717) is 24.5 Å². The molecule has 1 aromatic carbocycles. The standard InChI is InChI=1S/C24H25ClN4O2S/c1-16-15-17(10-11-18(16)25)28-13-5-8-20(28)23-22(19-7-3-4-12-26-19)27-24(32)29(23)14-6-9-21(30)31-2/h3-5,7-8,10-13,15,22-23H,6,9,14H2,1-2H3,(H,27,32)/t22-,23-/m0/s1. The molecule has 0 unspecified atom stereocenters. The second kappa shape index (κ2) is 9.71. The number of nitrogens with one attached hydrogen (secondary N) is 1. The summed E-state index contributed by atoms with van der Waals surface area (Å²) < 4.78 is 6.96. The van der Waals surface area contributed by atoms with Gasteiger partial charge in [0.25, 0.3) is 0 Å². The summed E-state index contributed by atoms with van der Waals surface area (Å²) in [6.07, 6.45) is 4.81. The molecule has 4 rings (SSSR count). The molecule has 1 aliphatic heterocycles. The van der Waals surface area contributed by atoms with Gasteiger partial charge in [-0.2, -0.15) is 0 Å². The van der Waals surface area contributed by atoms with Gasteiger partial charge in [-0.15, -0.1) is 0 Å². The molecule has 0 amide bonds. The van der Waals surface area contributed by atoms with E-state index in [2.05, 4.69) is 31.9 Å². The summed E-state index contributed by atoms with van der Waals surface area (Å²) in [4.78, 5) is 18.4. The minimum Gasteiger partial charge on any atom is -0.469 e. The van der Waals surface area contributed by atoms with Gasteiger partial charge in [-0.25, -0.2) is 0 Å². The average molecular weight is 469 g/mol. The van der Waals surface area contributed by atoms with Gasteiger partial charge in [0.05, 0.1) is 24.9 Å². The number of pyridine rings is 1.